The van der Waals surface area contributed by atoms with Crippen LogP contribution in [-0.2, 0) is 11.3 Å². The molecule has 1 saturated carbocycles. The van der Waals surface area contributed by atoms with E-state index in [1.165, 1.54) is 19.2 Å². The molecule has 3 aromatic rings. The molecule has 0 aliphatic heterocycles. The first-order chi connectivity index (χ1) is 16.2. The van der Waals surface area contributed by atoms with Crippen molar-refractivity contribution in [1.29, 1.82) is 0 Å². The molecule has 0 amide bonds. The van der Waals surface area contributed by atoms with Crippen molar-refractivity contribution in [3.8, 4) is 11.5 Å². The van der Waals surface area contributed by atoms with Crippen LogP contribution in [0.15, 0.2) is 30.3 Å². The van der Waals surface area contributed by atoms with E-state index in [0.717, 1.165) is 6.07 Å². The number of benzene rings is 2. The lowest BCUT2D eigenvalue weighted by Gasteiger charge is -2.15. The van der Waals surface area contributed by atoms with Gasteiger partial charge in [0.2, 0.25) is 0 Å². The van der Waals surface area contributed by atoms with Crippen molar-refractivity contribution < 1.29 is 36.2 Å². The molecule has 182 valence electrons. The third-order valence-electron chi connectivity index (χ3n) is 5.31. The summed E-state index contributed by atoms with van der Waals surface area (Å²) in [4.78, 5) is 8.72. The number of nitrogens with one attached hydrogen (secondary N) is 1. The maximum atomic E-state index is 14.4. The predicted octanol–water partition coefficient (Wildman–Crippen LogP) is 5.44. The lowest BCUT2D eigenvalue weighted by molar-refractivity contribution is 0.00399. The molecule has 1 aromatic heterocycles. The monoisotopic (exact) mass is 483 g/mol. The number of ether oxygens (including phenoxy) is 3. The van der Waals surface area contributed by atoms with Crippen molar-refractivity contribution in [3.63, 3.8) is 0 Å². The largest absolute Gasteiger partial charge is 0.493 e. The van der Waals surface area contributed by atoms with Gasteiger partial charge in [-0.15, -0.1) is 0 Å². The van der Waals surface area contributed by atoms with Crippen LogP contribution in [0.1, 0.15) is 29.8 Å². The van der Waals surface area contributed by atoms with Crippen LogP contribution < -0.4 is 14.8 Å². The molecule has 1 aliphatic rings. The van der Waals surface area contributed by atoms with Crippen LogP contribution in [-0.4, -0.2) is 42.3 Å². The summed E-state index contributed by atoms with van der Waals surface area (Å²) in [7, 11) is 1.45. The summed E-state index contributed by atoms with van der Waals surface area (Å²) in [6, 6.07) is 7.04. The van der Waals surface area contributed by atoms with Gasteiger partial charge in [-0.1, -0.05) is 18.2 Å². The van der Waals surface area contributed by atoms with Gasteiger partial charge >= 0.3 is 0 Å². The van der Waals surface area contributed by atoms with Crippen molar-refractivity contribution in [3.05, 3.63) is 53.1 Å². The first-order valence-electron chi connectivity index (χ1n) is 10.5. The number of methoxy groups -OCH3 is 1. The van der Waals surface area contributed by atoms with Crippen molar-refractivity contribution in [2.45, 2.75) is 38.3 Å². The molecule has 11 heteroatoms. The fourth-order valence-electron chi connectivity index (χ4n) is 3.45. The van der Waals surface area contributed by atoms with Gasteiger partial charge in [-0.25, -0.2) is 31.9 Å². The third kappa shape index (κ3) is 5.14. The molecular weight excluding hydrogens is 461 g/mol. The Bertz CT molecular complexity index is 1190. The van der Waals surface area contributed by atoms with Gasteiger partial charge in [0.05, 0.1) is 24.8 Å². The normalized spacial score (nSPS) is 16.6. The Morgan fingerprint density at radius 3 is 2.59 bits per heavy atom. The molecule has 34 heavy (non-hydrogen) atoms. The highest BCUT2D eigenvalue weighted by atomic mass is 19.3. The maximum absolute atomic E-state index is 14.4. The van der Waals surface area contributed by atoms with Crippen molar-refractivity contribution in [2.75, 3.05) is 25.6 Å². The molecule has 1 unspecified atom stereocenters. The lowest BCUT2D eigenvalue weighted by atomic mass is 10.1. The number of anilines is 1. The maximum Gasteiger partial charge on any atom is 0.276 e. The molecule has 1 atom stereocenters. The molecule has 1 N–H and O–H groups in total. The van der Waals surface area contributed by atoms with E-state index >= 15 is 0 Å². The zero-order chi connectivity index (χ0) is 24.5. The molecule has 1 fully saturated rings. The first kappa shape index (κ1) is 23.9. The van der Waals surface area contributed by atoms with Gasteiger partial charge in [-0.3, -0.25) is 0 Å². The summed E-state index contributed by atoms with van der Waals surface area (Å²) in [6.07, 6.45) is -4.30. The molecule has 0 bridgehead atoms. The second-order valence-corrected chi connectivity index (χ2v) is 7.79. The van der Waals surface area contributed by atoms with Crippen LogP contribution in [0.5, 0.6) is 11.5 Å². The molecule has 1 aliphatic carbocycles. The Kier molecular flexibility index (Phi) is 6.74. The highest BCUT2D eigenvalue weighted by Crippen LogP contribution is 2.44. The Morgan fingerprint density at radius 2 is 1.91 bits per heavy atom. The van der Waals surface area contributed by atoms with Gasteiger partial charge in [-0.2, -0.15) is 0 Å². The van der Waals surface area contributed by atoms with Gasteiger partial charge in [0, 0.05) is 30.0 Å². The number of alkyl halides is 4. The molecule has 0 saturated heterocycles. The molecule has 0 radical (unpaired) electrons. The SMILES string of the molecule is COc1cc2nc(C)nc(NCc3cccc(C(F)F)c3F)c2cc1OCCOC1CC1(F)F. The second-order valence-electron chi connectivity index (χ2n) is 7.79. The van der Waals surface area contributed by atoms with E-state index in [0.29, 0.717) is 34.0 Å². The van der Waals surface area contributed by atoms with E-state index in [1.54, 1.807) is 19.1 Å². The average Bonchev–Trinajstić information content (AvgIpc) is 3.41. The Morgan fingerprint density at radius 1 is 1.15 bits per heavy atom. The molecule has 4 rings (SSSR count). The number of hydrogen-bond acceptors (Lipinski definition) is 6. The highest BCUT2D eigenvalue weighted by Gasteiger charge is 2.58. The highest BCUT2D eigenvalue weighted by molar-refractivity contribution is 5.91. The van der Waals surface area contributed by atoms with Crippen LogP contribution in [0.3, 0.4) is 0 Å². The summed E-state index contributed by atoms with van der Waals surface area (Å²) in [5.74, 6) is -2.32. The van der Waals surface area contributed by atoms with E-state index in [9.17, 15) is 22.0 Å². The minimum absolute atomic E-state index is 0.00948. The second kappa shape index (κ2) is 9.57. The van der Waals surface area contributed by atoms with Gasteiger partial charge in [0.15, 0.2) is 11.5 Å². The fraction of sp³-hybridized carbons (Fsp3) is 0.391. The Labute approximate surface area is 192 Å². The molecule has 1 heterocycles. The summed E-state index contributed by atoms with van der Waals surface area (Å²) < 4.78 is 82.4. The van der Waals surface area contributed by atoms with E-state index in [2.05, 4.69) is 15.3 Å². The van der Waals surface area contributed by atoms with Crippen molar-refractivity contribution in [1.82, 2.24) is 9.97 Å². The molecular formula is C23H22F5N3O3. The standard InChI is InChI=1S/C23H22F5N3O3/c1-12-30-16-9-17(32-2)18(33-6-7-34-19-10-23(19,27)28)8-15(16)22(31-12)29-11-13-4-3-5-14(20(13)24)21(25)26/h3-5,8-9,19,21H,6-7,10-11H2,1-2H3,(H,29,30,31). The number of rotatable bonds is 10. The third-order valence-corrected chi connectivity index (χ3v) is 5.31. The van der Waals surface area contributed by atoms with E-state index < -0.39 is 29.8 Å². The number of aromatic nitrogens is 2. The quantitative estimate of drug-likeness (QED) is 0.306. The summed E-state index contributed by atoms with van der Waals surface area (Å²) in [6.45, 7) is 1.56. The van der Waals surface area contributed by atoms with Crippen LogP contribution in [0, 0.1) is 12.7 Å². The van der Waals surface area contributed by atoms with Crippen molar-refractivity contribution in [2.24, 2.45) is 0 Å². The Hall–Kier alpha value is -3.21. The minimum atomic E-state index is -2.93. The number of fused-ring (bicyclic) bond motifs is 1. The zero-order valence-corrected chi connectivity index (χ0v) is 18.4. The summed E-state index contributed by atoms with van der Waals surface area (Å²) in [5.41, 5.74) is -0.106. The fourth-order valence-corrected chi connectivity index (χ4v) is 3.45. The van der Waals surface area contributed by atoms with E-state index in [4.69, 9.17) is 14.2 Å². The zero-order valence-electron chi connectivity index (χ0n) is 18.4. The summed E-state index contributed by atoms with van der Waals surface area (Å²) in [5, 5.41) is 3.49. The number of halogens is 5. The number of aryl methyl sites for hydroxylation is 1. The van der Waals surface area contributed by atoms with Crippen LogP contribution >= 0.6 is 0 Å². The average molecular weight is 483 g/mol. The Balaban J connectivity index is 1.54. The van der Waals surface area contributed by atoms with E-state index in [1.807, 2.05) is 0 Å². The van der Waals surface area contributed by atoms with Crippen molar-refractivity contribution >= 4 is 16.7 Å². The van der Waals surface area contributed by atoms with Gasteiger partial charge < -0.3 is 19.5 Å². The topological polar surface area (TPSA) is 65.5 Å². The molecule has 0 spiro atoms. The van der Waals surface area contributed by atoms with Crippen LogP contribution in [0.25, 0.3) is 10.9 Å². The van der Waals surface area contributed by atoms with Crippen LogP contribution in [0.2, 0.25) is 0 Å². The molecule has 2 aromatic carbocycles. The smallest absolute Gasteiger partial charge is 0.276 e. The van der Waals surface area contributed by atoms with Gasteiger partial charge in [0.1, 0.15) is 30.2 Å². The number of nitrogens with zero attached hydrogens (tertiary/aromatic N) is 2. The molecule has 6 nitrogen and oxygen atoms in total. The van der Waals surface area contributed by atoms with Gasteiger partial charge in [-0.05, 0) is 13.0 Å². The lowest BCUT2D eigenvalue weighted by Crippen LogP contribution is -2.12. The first-order valence-corrected chi connectivity index (χ1v) is 10.5. The predicted molar refractivity (Wildman–Crippen MR) is 114 cm³/mol. The number of hydrogen-bond donors (Lipinski definition) is 1. The minimum Gasteiger partial charge on any atom is -0.493 e. The summed E-state index contributed by atoms with van der Waals surface area (Å²) >= 11 is 0. The van der Waals surface area contributed by atoms with Gasteiger partial charge in [0.25, 0.3) is 12.3 Å². The van der Waals surface area contributed by atoms with E-state index in [-0.39, 0.29) is 31.7 Å². The van der Waals surface area contributed by atoms with Crippen LogP contribution in [0.4, 0.5) is 27.8 Å².